The zero-order valence-corrected chi connectivity index (χ0v) is 16.7. The smallest absolute Gasteiger partial charge is 0.235 e. The summed E-state index contributed by atoms with van der Waals surface area (Å²) >= 11 is 5.75. The number of carbonyl (C=O) groups excluding carboxylic acids is 1. The van der Waals surface area contributed by atoms with E-state index in [4.69, 9.17) is 16.3 Å². The predicted octanol–water partition coefficient (Wildman–Crippen LogP) is 4.36. The van der Waals surface area contributed by atoms with Gasteiger partial charge in [0.25, 0.3) is 0 Å². The van der Waals surface area contributed by atoms with E-state index < -0.39 is 21.5 Å². The van der Waals surface area contributed by atoms with E-state index >= 15 is 0 Å². The molecule has 150 valence electrons. The van der Waals surface area contributed by atoms with Gasteiger partial charge in [-0.25, -0.2) is 12.8 Å². The Morgan fingerprint density at radius 3 is 2.03 bits per heavy atom. The van der Waals surface area contributed by atoms with Crippen molar-refractivity contribution in [2.75, 3.05) is 5.75 Å². The first-order valence-corrected chi connectivity index (χ1v) is 10.6. The molecule has 0 saturated heterocycles. The zero-order chi connectivity index (χ0) is 20.9. The van der Waals surface area contributed by atoms with Crippen molar-refractivity contribution in [2.24, 2.45) is 0 Å². The van der Waals surface area contributed by atoms with Crippen LogP contribution in [0.3, 0.4) is 0 Å². The second kappa shape index (κ2) is 9.07. The van der Waals surface area contributed by atoms with Crippen molar-refractivity contribution < 1.29 is 22.3 Å². The van der Waals surface area contributed by atoms with Crippen LogP contribution in [-0.4, -0.2) is 20.1 Å². The van der Waals surface area contributed by atoms with Crippen LogP contribution in [0.4, 0.5) is 4.39 Å². The molecule has 0 heterocycles. The van der Waals surface area contributed by atoms with E-state index in [1.807, 2.05) is 0 Å². The van der Waals surface area contributed by atoms with Crippen LogP contribution < -0.4 is 10.1 Å². The van der Waals surface area contributed by atoms with E-state index in [0.29, 0.717) is 16.5 Å². The molecular formula is C21H17ClFNO4S. The molecule has 0 aliphatic carbocycles. The van der Waals surface area contributed by atoms with Crippen LogP contribution in [0.15, 0.2) is 77.7 Å². The fourth-order valence-corrected chi connectivity index (χ4v) is 3.75. The van der Waals surface area contributed by atoms with Gasteiger partial charge in [-0.15, -0.1) is 0 Å². The van der Waals surface area contributed by atoms with Gasteiger partial charge in [-0.1, -0.05) is 23.7 Å². The van der Waals surface area contributed by atoms with E-state index in [1.165, 1.54) is 48.5 Å². The summed E-state index contributed by atoms with van der Waals surface area (Å²) in [5.41, 5.74) is 0.772. The molecule has 0 fully saturated rings. The lowest BCUT2D eigenvalue weighted by Gasteiger charge is -2.09. The first-order valence-electron chi connectivity index (χ1n) is 8.59. The van der Waals surface area contributed by atoms with Crippen LogP contribution in [0, 0.1) is 5.82 Å². The molecule has 0 spiro atoms. The van der Waals surface area contributed by atoms with Crippen LogP contribution in [0.1, 0.15) is 5.56 Å². The minimum atomic E-state index is -3.74. The van der Waals surface area contributed by atoms with Crippen LogP contribution >= 0.6 is 11.6 Å². The summed E-state index contributed by atoms with van der Waals surface area (Å²) < 4.78 is 43.0. The third-order valence-electron chi connectivity index (χ3n) is 3.96. The summed E-state index contributed by atoms with van der Waals surface area (Å²) in [4.78, 5) is 12.1. The normalized spacial score (nSPS) is 11.1. The quantitative estimate of drug-likeness (QED) is 0.600. The maximum atomic E-state index is 12.9. The van der Waals surface area contributed by atoms with E-state index in [0.717, 1.165) is 5.56 Å². The Morgan fingerprint density at radius 2 is 1.45 bits per heavy atom. The van der Waals surface area contributed by atoms with Crippen LogP contribution in [0.5, 0.6) is 11.5 Å². The van der Waals surface area contributed by atoms with Gasteiger partial charge in [0.05, 0.1) is 4.90 Å². The summed E-state index contributed by atoms with van der Waals surface area (Å²) in [5.74, 6) is -0.551. The number of amides is 1. The predicted molar refractivity (Wildman–Crippen MR) is 108 cm³/mol. The summed E-state index contributed by atoms with van der Waals surface area (Å²) in [6, 6.07) is 18.2. The molecule has 0 atom stereocenters. The number of sulfone groups is 1. The SMILES string of the molecule is O=C(CS(=O)(=O)c1ccc(Cl)cc1)NCc1ccc(Oc2ccc(F)cc2)cc1. The topological polar surface area (TPSA) is 72.5 Å². The summed E-state index contributed by atoms with van der Waals surface area (Å²) in [6.45, 7) is 0.172. The molecule has 3 rings (SSSR count). The summed E-state index contributed by atoms with van der Waals surface area (Å²) in [5, 5.41) is 3.00. The molecule has 0 radical (unpaired) electrons. The van der Waals surface area contributed by atoms with Crippen molar-refractivity contribution in [2.45, 2.75) is 11.4 Å². The average molecular weight is 434 g/mol. The van der Waals surface area contributed by atoms with Crippen molar-refractivity contribution in [3.8, 4) is 11.5 Å². The Hall–Kier alpha value is -2.90. The van der Waals surface area contributed by atoms with Crippen molar-refractivity contribution in [3.05, 3.63) is 89.2 Å². The molecule has 0 aliphatic heterocycles. The van der Waals surface area contributed by atoms with Crippen LogP contribution in [0.2, 0.25) is 5.02 Å². The molecule has 8 heteroatoms. The molecule has 1 N–H and O–H groups in total. The monoisotopic (exact) mass is 433 g/mol. The van der Waals surface area contributed by atoms with Gasteiger partial charge in [0, 0.05) is 11.6 Å². The maximum Gasteiger partial charge on any atom is 0.235 e. The molecule has 0 bridgehead atoms. The Bertz CT molecular complexity index is 1080. The Morgan fingerprint density at radius 1 is 0.897 bits per heavy atom. The molecule has 0 unspecified atom stereocenters. The first-order chi connectivity index (χ1) is 13.8. The molecule has 3 aromatic carbocycles. The molecular weight excluding hydrogens is 417 g/mol. The van der Waals surface area contributed by atoms with Crippen molar-refractivity contribution in [3.63, 3.8) is 0 Å². The second-order valence-corrected chi connectivity index (χ2v) is 8.62. The van der Waals surface area contributed by atoms with E-state index in [1.54, 1.807) is 24.3 Å². The second-order valence-electron chi connectivity index (χ2n) is 6.19. The number of halogens is 2. The Labute approximate surface area is 173 Å². The minimum absolute atomic E-state index is 0.0411. The van der Waals surface area contributed by atoms with Gasteiger partial charge in [0.2, 0.25) is 5.91 Å². The lowest BCUT2D eigenvalue weighted by atomic mass is 10.2. The number of rotatable bonds is 7. The highest BCUT2D eigenvalue weighted by Crippen LogP contribution is 2.22. The molecule has 5 nitrogen and oxygen atoms in total. The highest BCUT2D eigenvalue weighted by atomic mass is 35.5. The largest absolute Gasteiger partial charge is 0.457 e. The lowest BCUT2D eigenvalue weighted by Crippen LogP contribution is -2.29. The van der Waals surface area contributed by atoms with E-state index in [-0.39, 0.29) is 17.3 Å². The number of nitrogens with one attached hydrogen (secondary N) is 1. The summed E-state index contributed by atoms with van der Waals surface area (Å²) in [7, 11) is -3.74. The molecule has 0 aromatic heterocycles. The fourth-order valence-electron chi connectivity index (χ4n) is 2.46. The average Bonchev–Trinajstić information content (AvgIpc) is 2.69. The molecule has 29 heavy (non-hydrogen) atoms. The molecule has 3 aromatic rings. The van der Waals surface area contributed by atoms with E-state index in [2.05, 4.69) is 5.32 Å². The van der Waals surface area contributed by atoms with Gasteiger partial charge in [-0.05, 0) is 66.2 Å². The molecule has 0 saturated carbocycles. The molecule has 1 amide bonds. The zero-order valence-electron chi connectivity index (χ0n) is 15.1. The number of benzene rings is 3. The highest BCUT2D eigenvalue weighted by molar-refractivity contribution is 7.92. The Balaban J connectivity index is 1.53. The van der Waals surface area contributed by atoms with Gasteiger partial charge >= 0.3 is 0 Å². The van der Waals surface area contributed by atoms with Gasteiger partial charge < -0.3 is 10.1 Å². The maximum absolute atomic E-state index is 12.9. The standard InChI is InChI=1S/C21H17ClFNO4S/c22-16-3-11-20(12-4-16)29(26,27)14-21(25)24-13-15-1-7-18(8-2-15)28-19-9-5-17(23)6-10-19/h1-12H,13-14H2,(H,24,25). The van der Waals surface area contributed by atoms with Gasteiger partial charge in [-0.3, -0.25) is 4.79 Å². The van der Waals surface area contributed by atoms with Crippen molar-refractivity contribution in [1.82, 2.24) is 5.32 Å². The van der Waals surface area contributed by atoms with Gasteiger partial charge in [-0.2, -0.15) is 0 Å². The summed E-state index contributed by atoms with van der Waals surface area (Å²) in [6.07, 6.45) is 0. The van der Waals surface area contributed by atoms with Crippen LogP contribution in [-0.2, 0) is 21.2 Å². The van der Waals surface area contributed by atoms with Crippen molar-refractivity contribution in [1.29, 1.82) is 0 Å². The number of ether oxygens (including phenoxy) is 1. The van der Waals surface area contributed by atoms with E-state index in [9.17, 15) is 17.6 Å². The van der Waals surface area contributed by atoms with Crippen LogP contribution in [0.25, 0.3) is 0 Å². The lowest BCUT2D eigenvalue weighted by molar-refractivity contribution is -0.118. The highest BCUT2D eigenvalue weighted by Gasteiger charge is 2.19. The third-order valence-corrected chi connectivity index (χ3v) is 5.84. The number of hydrogen-bond acceptors (Lipinski definition) is 4. The Kier molecular flexibility index (Phi) is 6.51. The number of carbonyl (C=O) groups is 1. The molecule has 0 aliphatic rings. The first kappa shape index (κ1) is 20.8. The van der Waals surface area contributed by atoms with Gasteiger partial charge in [0.15, 0.2) is 9.84 Å². The minimum Gasteiger partial charge on any atom is -0.457 e. The fraction of sp³-hybridized carbons (Fsp3) is 0.0952. The number of hydrogen-bond donors (Lipinski definition) is 1. The van der Waals surface area contributed by atoms with Crippen molar-refractivity contribution >= 4 is 27.3 Å². The van der Waals surface area contributed by atoms with Gasteiger partial charge in [0.1, 0.15) is 23.1 Å². The third kappa shape index (κ3) is 6.04.